The summed E-state index contributed by atoms with van der Waals surface area (Å²) in [5, 5.41) is 0. The van der Waals surface area contributed by atoms with Gasteiger partial charge < -0.3 is 9.97 Å². The first-order chi connectivity index (χ1) is 5.79. The molecule has 4 heteroatoms. The Balaban J connectivity index is 0.000000845. The standard InChI is InChI=1S/C9H10N2S.Ni/c1-2-6-3-4-7-8(5-6)11-9(12)10-7;/h3-5H,2H2,1H3,(H2,10,11,12);. The number of imidazole rings is 1. The SMILES string of the molecule is CCc1ccc2[nH]c(=S)[nH]c2c1.[Ni]. The van der Waals surface area contributed by atoms with Crippen LogP contribution in [0.4, 0.5) is 0 Å². The van der Waals surface area contributed by atoms with Gasteiger partial charge in [-0.05, 0) is 36.3 Å². The van der Waals surface area contributed by atoms with Crippen LogP contribution in [0.5, 0.6) is 0 Å². The van der Waals surface area contributed by atoms with Crippen molar-refractivity contribution in [1.82, 2.24) is 9.97 Å². The largest absolute Gasteiger partial charge is 0.331 e. The molecule has 2 nitrogen and oxygen atoms in total. The van der Waals surface area contributed by atoms with Crippen molar-refractivity contribution >= 4 is 23.3 Å². The molecule has 0 saturated heterocycles. The van der Waals surface area contributed by atoms with E-state index in [2.05, 4.69) is 35.1 Å². The van der Waals surface area contributed by atoms with Gasteiger partial charge in [-0.3, -0.25) is 0 Å². The Morgan fingerprint density at radius 1 is 1.23 bits per heavy atom. The van der Waals surface area contributed by atoms with Crippen LogP contribution in [0.15, 0.2) is 18.2 Å². The quantitative estimate of drug-likeness (QED) is 0.579. The molecule has 0 fully saturated rings. The van der Waals surface area contributed by atoms with E-state index < -0.39 is 0 Å². The first-order valence-corrected chi connectivity index (χ1v) is 4.41. The Labute approximate surface area is 91.7 Å². The summed E-state index contributed by atoms with van der Waals surface area (Å²) in [4.78, 5) is 6.16. The van der Waals surface area contributed by atoms with E-state index >= 15 is 0 Å². The average molecular weight is 237 g/mol. The Hall–Kier alpha value is -0.596. The Morgan fingerprint density at radius 3 is 2.62 bits per heavy atom. The molecule has 1 aromatic carbocycles. The van der Waals surface area contributed by atoms with E-state index in [0.717, 1.165) is 17.5 Å². The minimum absolute atomic E-state index is 0. The van der Waals surface area contributed by atoms with E-state index in [-0.39, 0.29) is 16.5 Å². The topological polar surface area (TPSA) is 31.6 Å². The molecule has 0 saturated carbocycles. The van der Waals surface area contributed by atoms with Crippen LogP contribution in [0.1, 0.15) is 12.5 Å². The number of hydrogen-bond donors (Lipinski definition) is 2. The monoisotopic (exact) mass is 236 g/mol. The third-order valence-electron chi connectivity index (χ3n) is 1.99. The van der Waals surface area contributed by atoms with Crippen molar-refractivity contribution in [3.8, 4) is 0 Å². The zero-order valence-corrected chi connectivity index (χ0v) is 8.97. The number of rotatable bonds is 1. The maximum atomic E-state index is 4.98. The van der Waals surface area contributed by atoms with Crippen molar-refractivity contribution in [3.05, 3.63) is 28.5 Å². The predicted octanol–water partition coefficient (Wildman–Crippen LogP) is 2.79. The molecule has 0 unspecified atom stereocenters. The van der Waals surface area contributed by atoms with Gasteiger partial charge in [-0.15, -0.1) is 0 Å². The van der Waals surface area contributed by atoms with Crippen molar-refractivity contribution in [2.75, 3.05) is 0 Å². The molecule has 2 rings (SSSR count). The van der Waals surface area contributed by atoms with Gasteiger partial charge in [-0.1, -0.05) is 13.0 Å². The molecule has 72 valence electrons. The van der Waals surface area contributed by atoms with Crippen LogP contribution in [0.25, 0.3) is 11.0 Å². The summed E-state index contributed by atoms with van der Waals surface area (Å²) in [6.45, 7) is 2.14. The Kier molecular flexibility index (Phi) is 3.29. The minimum Gasteiger partial charge on any atom is -0.331 e. The normalized spacial score (nSPS) is 9.92. The summed E-state index contributed by atoms with van der Waals surface area (Å²) >= 11 is 4.98. The van der Waals surface area contributed by atoms with Gasteiger partial charge in [0.2, 0.25) is 0 Å². The van der Waals surface area contributed by atoms with Gasteiger partial charge in [-0.25, -0.2) is 0 Å². The average Bonchev–Trinajstić information content (AvgIpc) is 2.43. The van der Waals surface area contributed by atoms with Crippen LogP contribution in [0.2, 0.25) is 0 Å². The molecule has 0 aliphatic heterocycles. The number of aromatic amines is 2. The molecule has 2 N–H and O–H groups in total. The van der Waals surface area contributed by atoms with E-state index in [1.54, 1.807) is 0 Å². The zero-order chi connectivity index (χ0) is 8.55. The summed E-state index contributed by atoms with van der Waals surface area (Å²) in [5.41, 5.74) is 3.50. The van der Waals surface area contributed by atoms with Crippen LogP contribution >= 0.6 is 12.2 Å². The maximum Gasteiger partial charge on any atom is 0.175 e. The van der Waals surface area contributed by atoms with Crippen LogP contribution < -0.4 is 0 Å². The second kappa shape index (κ2) is 4.07. The molecule has 0 radical (unpaired) electrons. The number of fused-ring (bicyclic) bond motifs is 1. The second-order valence-electron chi connectivity index (χ2n) is 2.81. The summed E-state index contributed by atoms with van der Waals surface area (Å²) in [5.74, 6) is 0. The van der Waals surface area contributed by atoms with Crippen LogP contribution in [-0.4, -0.2) is 9.97 Å². The summed E-state index contributed by atoms with van der Waals surface area (Å²) in [6.07, 6.45) is 1.06. The van der Waals surface area contributed by atoms with E-state index in [0.29, 0.717) is 4.77 Å². The number of hydrogen-bond acceptors (Lipinski definition) is 1. The van der Waals surface area contributed by atoms with Crippen molar-refractivity contribution in [1.29, 1.82) is 0 Å². The molecule has 0 bridgehead atoms. The van der Waals surface area contributed by atoms with Gasteiger partial charge in [0.15, 0.2) is 4.77 Å². The first-order valence-electron chi connectivity index (χ1n) is 4.00. The van der Waals surface area contributed by atoms with Crippen LogP contribution in [0.3, 0.4) is 0 Å². The van der Waals surface area contributed by atoms with Crippen LogP contribution in [0, 0.1) is 4.77 Å². The second-order valence-corrected chi connectivity index (χ2v) is 3.22. The molecule has 13 heavy (non-hydrogen) atoms. The number of nitrogens with one attached hydrogen (secondary N) is 2. The summed E-state index contributed by atoms with van der Waals surface area (Å²) in [6, 6.07) is 6.30. The van der Waals surface area contributed by atoms with Gasteiger partial charge in [0, 0.05) is 16.5 Å². The summed E-state index contributed by atoms with van der Waals surface area (Å²) < 4.78 is 0.693. The van der Waals surface area contributed by atoms with E-state index in [1.807, 2.05) is 0 Å². The van der Waals surface area contributed by atoms with Crippen molar-refractivity contribution in [3.63, 3.8) is 0 Å². The third kappa shape index (κ3) is 2.01. The zero-order valence-electron chi connectivity index (χ0n) is 7.16. The molecule has 0 aliphatic carbocycles. The number of aryl methyl sites for hydroxylation is 1. The molecule has 0 atom stereocenters. The van der Waals surface area contributed by atoms with Crippen molar-refractivity contribution in [2.45, 2.75) is 13.3 Å². The molecule has 1 heterocycles. The number of benzene rings is 1. The van der Waals surface area contributed by atoms with Crippen molar-refractivity contribution in [2.24, 2.45) is 0 Å². The minimum atomic E-state index is 0. The Morgan fingerprint density at radius 2 is 1.92 bits per heavy atom. The molecule has 0 aliphatic rings. The fourth-order valence-corrected chi connectivity index (χ4v) is 1.52. The van der Waals surface area contributed by atoms with Gasteiger partial charge in [0.25, 0.3) is 0 Å². The van der Waals surface area contributed by atoms with Gasteiger partial charge >= 0.3 is 0 Å². The van der Waals surface area contributed by atoms with Gasteiger partial charge in [0.05, 0.1) is 11.0 Å². The number of aromatic nitrogens is 2. The first kappa shape index (κ1) is 10.5. The van der Waals surface area contributed by atoms with E-state index in [1.165, 1.54) is 5.56 Å². The number of H-pyrrole nitrogens is 2. The fraction of sp³-hybridized carbons (Fsp3) is 0.222. The smallest absolute Gasteiger partial charge is 0.175 e. The molecule has 0 amide bonds. The molecule has 2 aromatic rings. The molecular weight excluding hydrogens is 227 g/mol. The Bertz CT molecular complexity index is 458. The van der Waals surface area contributed by atoms with Gasteiger partial charge in [0.1, 0.15) is 0 Å². The van der Waals surface area contributed by atoms with Crippen molar-refractivity contribution < 1.29 is 16.5 Å². The predicted molar refractivity (Wildman–Crippen MR) is 52.9 cm³/mol. The molecule has 1 aromatic heterocycles. The van der Waals surface area contributed by atoms with E-state index in [4.69, 9.17) is 12.2 Å². The maximum absolute atomic E-state index is 4.98. The fourth-order valence-electron chi connectivity index (χ4n) is 1.30. The van der Waals surface area contributed by atoms with E-state index in [9.17, 15) is 0 Å². The molecular formula is C9H10N2NiS. The molecule has 0 spiro atoms. The third-order valence-corrected chi connectivity index (χ3v) is 2.19. The van der Waals surface area contributed by atoms with Crippen LogP contribution in [-0.2, 0) is 22.9 Å². The summed E-state index contributed by atoms with van der Waals surface area (Å²) in [7, 11) is 0. The van der Waals surface area contributed by atoms with Gasteiger partial charge in [-0.2, -0.15) is 0 Å².